The number of alkyl halides is 3. The molecule has 1 heterocycles. The SMILES string of the molecule is CN=C(NCCCNS(C)(=O)=O)NCC1CCN(S(=O)(=O)C(F)(F)F)CC1.I. The van der Waals surface area contributed by atoms with Crippen LogP contribution < -0.4 is 15.4 Å². The smallest absolute Gasteiger partial charge is 0.356 e. The molecule has 0 saturated carbocycles. The number of hydrogen-bond acceptors (Lipinski definition) is 5. The predicted molar refractivity (Wildman–Crippen MR) is 112 cm³/mol. The van der Waals surface area contributed by atoms with Gasteiger partial charge in [-0.3, -0.25) is 4.99 Å². The third-order valence-corrected chi connectivity index (χ3v) is 6.36. The van der Waals surface area contributed by atoms with E-state index in [1.54, 1.807) is 7.05 Å². The topological polar surface area (TPSA) is 120 Å². The number of rotatable bonds is 8. The van der Waals surface area contributed by atoms with Gasteiger partial charge in [-0.05, 0) is 25.2 Å². The lowest BCUT2D eigenvalue weighted by atomic mass is 9.98. The third-order valence-electron chi connectivity index (χ3n) is 4.00. The molecule has 0 amide bonds. The highest BCUT2D eigenvalue weighted by atomic mass is 127. The third kappa shape index (κ3) is 9.41. The average Bonchev–Trinajstić information content (AvgIpc) is 2.55. The van der Waals surface area contributed by atoms with Crippen LogP contribution in [0.1, 0.15) is 19.3 Å². The molecule has 0 unspecified atom stereocenters. The van der Waals surface area contributed by atoms with E-state index in [9.17, 15) is 30.0 Å². The summed E-state index contributed by atoms with van der Waals surface area (Å²) in [7, 11) is -6.92. The zero-order valence-corrected chi connectivity index (χ0v) is 19.6. The van der Waals surface area contributed by atoms with Gasteiger partial charge in [-0.25, -0.2) is 21.6 Å². The summed E-state index contributed by atoms with van der Waals surface area (Å²) in [6.45, 7) is 0.870. The minimum absolute atomic E-state index is 0. The Balaban J connectivity index is 0.00000729. The molecule has 1 fully saturated rings. The highest BCUT2D eigenvalue weighted by Gasteiger charge is 2.50. The van der Waals surface area contributed by atoms with Gasteiger partial charge in [-0.2, -0.15) is 17.5 Å². The summed E-state index contributed by atoms with van der Waals surface area (Å²) < 4.78 is 85.1. The summed E-state index contributed by atoms with van der Waals surface area (Å²) in [6.07, 6.45) is 2.25. The lowest BCUT2D eigenvalue weighted by Crippen LogP contribution is -2.47. The summed E-state index contributed by atoms with van der Waals surface area (Å²) in [5, 5.41) is 6.04. The van der Waals surface area contributed by atoms with E-state index in [0.29, 0.717) is 42.6 Å². The zero-order valence-electron chi connectivity index (χ0n) is 15.6. The van der Waals surface area contributed by atoms with E-state index in [0.717, 1.165) is 6.26 Å². The second-order valence-electron chi connectivity index (χ2n) is 6.19. The van der Waals surface area contributed by atoms with Crippen molar-refractivity contribution < 1.29 is 30.0 Å². The molecule has 0 aromatic carbocycles. The minimum Gasteiger partial charge on any atom is -0.356 e. The first-order valence-corrected chi connectivity index (χ1v) is 11.7. The van der Waals surface area contributed by atoms with Crippen molar-refractivity contribution in [2.24, 2.45) is 10.9 Å². The summed E-state index contributed by atoms with van der Waals surface area (Å²) >= 11 is 0. The second kappa shape index (κ2) is 11.7. The molecule has 3 N–H and O–H groups in total. The molecule has 1 saturated heterocycles. The van der Waals surface area contributed by atoms with E-state index in [-0.39, 0.29) is 49.5 Å². The van der Waals surface area contributed by atoms with Crippen LogP contribution >= 0.6 is 24.0 Å². The quantitative estimate of drug-likeness (QED) is 0.168. The van der Waals surface area contributed by atoms with Gasteiger partial charge in [-0.1, -0.05) is 0 Å². The highest BCUT2D eigenvalue weighted by Crippen LogP contribution is 2.30. The van der Waals surface area contributed by atoms with Gasteiger partial charge >= 0.3 is 15.5 Å². The van der Waals surface area contributed by atoms with Gasteiger partial charge in [0.05, 0.1) is 6.26 Å². The van der Waals surface area contributed by atoms with Crippen LogP contribution in [0, 0.1) is 5.92 Å². The molecule has 28 heavy (non-hydrogen) atoms. The number of guanidine groups is 1. The van der Waals surface area contributed by atoms with Gasteiger partial charge in [-0.15, -0.1) is 24.0 Å². The molecule has 0 aliphatic carbocycles. The van der Waals surface area contributed by atoms with Gasteiger partial charge in [0.25, 0.3) is 0 Å². The molecule has 1 aliphatic rings. The van der Waals surface area contributed by atoms with Crippen LogP contribution in [0.4, 0.5) is 13.2 Å². The molecule has 9 nitrogen and oxygen atoms in total. The number of halogens is 4. The number of hydrogen-bond donors (Lipinski definition) is 3. The average molecular weight is 565 g/mol. The lowest BCUT2D eigenvalue weighted by molar-refractivity contribution is -0.0496. The Hall–Kier alpha value is -0.390. The van der Waals surface area contributed by atoms with Gasteiger partial charge < -0.3 is 10.6 Å². The second-order valence-corrected chi connectivity index (χ2v) is 9.96. The summed E-state index contributed by atoms with van der Waals surface area (Å²) in [4.78, 5) is 4.01. The molecular formula is C13H27F3IN5O4S2. The van der Waals surface area contributed by atoms with Crippen LogP contribution in [-0.4, -0.2) is 78.6 Å². The number of nitrogens with one attached hydrogen (secondary N) is 3. The van der Waals surface area contributed by atoms with E-state index in [2.05, 4.69) is 20.3 Å². The lowest BCUT2D eigenvalue weighted by Gasteiger charge is -2.31. The monoisotopic (exact) mass is 565 g/mol. The molecule has 0 radical (unpaired) electrons. The molecule has 0 spiro atoms. The first-order valence-electron chi connectivity index (χ1n) is 8.32. The first-order chi connectivity index (χ1) is 12.4. The van der Waals surface area contributed by atoms with Gasteiger partial charge in [0.2, 0.25) is 10.0 Å². The Labute approximate surface area is 181 Å². The Morgan fingerprint density at radius 2 is 1.68 bits per heavy atom. The molecule has 0 atom stereocenters. The Morgan fingerprint density at radius 3 is 2.14 bits per heavy atom. The maximum atomic E-state index is 12.5. The fraction of sp³-hybridized carbons (Fsp3) is 0.923. The molecule has 1 rings (SSSR count). The molecule has 0 aromatic rings. The molecule has 0 aromatic heterocycles. The highest BCUT2D eigenvalue weighted by molar-refractivity contribution is 14.0. The predicted octanol–water partition coefficient (Wildman–Crippen LogP) is 0.270. The van der Waals surface area contributed by atoms with E-state index in [1.807, 2.05) is 0 Å². The summed E-state index contributed by atoms with van der Waals surface area (Å²) in [5.74, 6) is 0.509. The van der Waals surface area contributed by atoms with Gasteiger partial charge in [0, 0.05) is 39.8 Å². The normalized spacial score (nSPS) is 17.8. The van der Waals surface area contributed by atoms with Crippen LogP contribution in [0.3, 0.4) is 0 Å². The molecule has 168 valence electrons. The number of piperidine rings is 1. The van der Waals surface area contributed by atoms with Gasteiger partial charge in [0.15, 0.2) is 5.96 Å². The van der Waals surface area contributed by atoms with Crippen molar-refractivity contribution >= 4 is 50.0 Å². The van der Waals surface area contributed by atoms with Crippen LogP contribution in [0.25, 0.3) is 0 Å². The maximum Gasteiger partial charge on any atom is 0.511 e. The summed E-state index contributed by atoms with van der Waals surface area (Å²) in [6, 6.07) is 0. The summed E-state index contributed by atoms with van der Waals surface area (Å²) in [5.41, 5.74) is -5.27. The van der Waals surface area contributed by atoms with Crippen molar-refractivity contribution in [2.45, 2.75) is 24.8 Å². The first kappa shape index (κ1) is 27.6. The van der Waals surface area contributed by atoms with E-state index in [4.69, 9.17) is 0 Å². The molecule has 0 bridgehead atoms. The maximum absolute atomic E-state index is 12.5. The van der Waals surface area contributed by atoms with E-state index < -0.39 is 25.6 Å². The van der Waals surface area contributed by atoms with Crippen LogP contribution in [0.5, 0.6) is 0 Å². The van der Waals surface area contributed by atoms with E-state index in [1.165, 1.54) is 0 Å². The van der Waals surface area contributed by atoms with E-state index >= 15 is 0 Å². The Bertz CT molecular complexity index is 708. The standard InChI is InChI=1S/C13H26F3N5O4S2.HI/c1-17-12(18-6-3-7-20-26(2,22)23)19-10-11-4-8-21(9-5-11)27(24,25)13(14,15)16;/h11,20H,3-10H2,1-2H3,(H2,17,18,19);1H. The Kier molecular flexibility index (Phi) is 11.5. The van der Waals surface area contributed by atoms with Crippen molar-refractivity contribution in [3.05, 3.63) is 0 Å². The fourth-order valence-corrected chi connectivity index (χ4v) is 4.01. The van der Waals surface area contributed by atoms with Crippen molar-refractivity contribution in [3.63, 3.8) is 0 Å². The number of nitrogens with zero attached hydrogens (tertiary/aromatic N) is 2. The minimum atomic E-state index is -5.27. The molecular weight excluding hydrogens is 538 g/mol. The van der Waals surface area contributed by atoms with Crippen LogP contribution in [-0.2, 0) is 20.0 Å². The number of sulfonamides is 2. The van der Waals surface area contributed by atoms with Crippen LogP contribution in [0.15, 0.2) is 4.99 Å². The zero-order chi connectivity index (χ0) is 20.7. The molecule has 1 aliphatic heterocycles. The number of aliphatic imine (C=N–C) groups is 1. The van der Waals surface area contributed by atoms with Crippen LogP contribution in [0.2, 0.25) is 0 Å². The van der Waals surface area contributed by atoms with Crippen molar-refractivity contribution in [1.29, 1.82) is 0 Å². The van der Waals surface area contributed by atoms with Gasteiger partial charge in [0.1, 0.15) is 0 Å². The van der Waals surface area contributed by atoms with Crippen molar-refractivity contribution in [1.82, 2.24) is 19.7 Å². The van der Waals surface area contributed by atoms with Crippen molar-refractivity contribution in [3.8, 4) is 0 Å². The molecule has 15 heteroatoms. The fourth-order valence-electron chi connectivity index (χ4n) is 2.51. The largest absolute Gasteiger partial charge is 0.511 e. The Morgan fingerprint density at radius 1 is 1.11 bits per heavy atom. The van der Waals surface area contributed by atoms with Crippen molar-refractivity contribution in [2.75, 3.05) is 46.0 Å².